The molecule has 0 aromatic heterocycles. The van der Waals surface area contributed by atoms with Crippen molar-refractivity contribution < 1.29 is 52.6 Å². The van der Waals surface area contributed by atoms with Gasteiger partial charge in [0, 0.05) is 33.4 Å². The third-order valence-corrected chi connectivity index (χ3v) is 9.76. The lowest BCUT2D eigenvalue weighted by Gasteiger charge is -2.18. The molecule has 4 aromatic carbocycles. The molecule has 284 valence electrons. The molecule has 0 fully saturated rings. The zero-order chi connectivity index (χ0) is 40.1. The molecular formula is C43H36N2O11. The largest absolute Gasteiger partial charge is 0.445 e. The summed E-state index contributed by atoms with van der Waals surface area (Å²) in [7, 11) is 0. The average molecular weight is 757 g/mol. The maximum atomic E-state index is 13.7. The summed E-state index contributed by atoms with van der Waals surface area (Å²) in [6.45, 7) is 3.09. The topological polar surface area (TPSA) is 196 Å². The van der Waals surface area contributed by atoms with Crippen molar-refractivity contribution in [2.24, 2.45) is 11.8 Å². The lowest BCUT2D eigenvalue weighted by molar-refractivity contribution is -0.123. The van der Waals surface area contributed by atoms with Crippen LogP contribution < -0.4 is 10.6 Å². The Morgan fingerprint density at radius 2 is 0.875 bits per heavy atom. The van der Waals surface area contributed by atoms with Gasteiger partial charge < -0.3 is 20.1 Å². The van der Waals surface area contributed by atoms with Gasteiger partial charge in [0.25, 0.3) is 0 Å². The van der Waals surface area contributed by atoms with Gasteiger partial charge >= 0.3 is 12.2 Å². The molecule has 2 aliphatic carbocycles. The van der Waals surface area contributed by atoms with Crippen molar-refractivity contribution in [1.82, 2.24) is 10.6 Å². The number of nitrogens with one attached hydrogen (secondary N) is 2. The van der Waals surface area contributed by atoms with Crippen LogP contribution in [-0.2, 0) is 32.3 Å². The Labute approximate surface area is 320 Å². The second-order valence-corrected chi connectivity index (χ2v) is 13.3. The van der Waals surface area contributed by atoms with Crippen LogP contribution in [0.2, 0.25) is 0 Å². The molecule has 4 atom stereocenters. The van der Waals surface area contributed by atoms with Crippen molar-refractivity contribution in [2.75, 3.05) is 0 Å². The second-order valence-electron chi connectivity index (χ2n) is 13.3. The first kappa shape index (κ1) is 38.8. The lowest BCUT2D eigenvalue weighted by atomic mass is 9.92. The van der Waals surface area contributed by atoms with Crippen molar-refractivity contribution in [3.63, 3.8) is 0 Å². The van der Waals surface area contributed by atoms with Crippen LogP contribution in [0.15, 0.2) is 97.1 Å². The quantitative estimate of drug-likeness (QED) is 0.123. The molecule has 6 rings (SSSR count). The van der Waals surface area contributed by atoms with E-state index in [1.807, 2.05) is 0 Å². The number of fused-ring (bicyclic) bond motifs is 2. The molecule has 0 bridgehead atoms. The van der Waals surface area contributed by atoms with Gasteiger partial charge in [0.1, 0.15) is 25.0 Å². The van der Waals surface area contributed by atoms with E-state index in [2.05, 4.69) is 10.6 Å². The van der Waals surface area contributed by atoms with Crippen molar-refractivity contribution in [3.05, 3.63) is 142 Å². The van der Waals surface area contributed by atoms with Gasteiger partial charge in [-0.2, -0.15) is 0 Å². The van der Waals surface area contributed by atoms with Crippen LogP contribution in [0, 0.1) is 11.8 Å². The molecule has 2 unspecified atom stereocenters. The van der Waals surface area contributed by atoms with Crippen LogP contribution in [0.25, 0.3) is 0 Å². The number of Topliss-reactive ketones (excluding diaryl/α,β-unsaturated/α-hetero) is 6. The SMILES string of the molecule is CC[C@H](NC(=O)OCc1ccccc1)C(=O)C1C(=O)c2ccc(C(=O)c3ccc4c(c3)C(=O)C(C(=O)[C@H](CC)NC(=O)OCc3ccccc3)C4=O)cc2C1=O. The Bertz CT molecular complexity index is 2120. The van der Waals surface area contributed by atoms with Crippen molar-refractivity contribution >= 4 is 52.7 Å². The molecule has 4 aromatic rings. The lowest BCUT2D eigenvalue weighted by Crippen LogP contribution is -2.45. The molecule has 0 aliphatic heterocycles. The Balaban J connectivity index is 1.12. The third-order valence-electron chi connectivity index (χ3n) is 9.76. The van der Waals surface area contributed by atoms with Crippen LogP contribution in [0.1, 0.15) is 95.2 Å². The number of hydrogen-bond donors (Lipinski definition) is 2. The number of benzene rings is 4. The summed E-state index contributed by atoms with van der Waals surface area (Å²) < 4.78 is 10.4. The number of rotatable bonds is 14. The molecular weight excluding hydrogens is 720 g/mol. The highest BCUT2D eigenvalue weighted by atomic mass is 16.6. The molecule has 0 heterocycles. The first-order valence-corrected chi connectivity index (χ1v) is 17.9. The van der Waals surface area contributed by atoms with Gasteiger partial charge in [-0.1, -0.05) is 86.6 Å². The van der Waals surface area contributed by atoms with E-state index in [4.69, 9.17) is 9.47 Å². The summed E-state index contributed by atoms with van der Waals surface area (Å²) in [5.41, 5.74) is 0.922. The molecule has 2 N–H and O–H groups in total. The van der Waals surface area contributed by atoms with E-state index >= 15 is 0 Å². The van der Waals surface area contributed by atoms with Crippen LogP contribution in [0.3, 0.4) is 0 Å². The van der Waals surface area contributed by atoms with E-state index < -0.39 is 76.6 Å². The second kappa shape index (κ2) is 16.6. The average Bonchev–Trinajstić information content (AvgIpc) is 3.62. The number of carbonyl (C=O) groups is 9. The molecule has 2 amide bonds. The molecule has 0 spiro atoms. The van der Waals surface area contributed by atoms with E-state index in [9.17, 15) is 43.2 Å². The number of hydrogen-bond acceptors (Lipinski definition) is 11. The fraction of sp³-hybridized carbons (Fsp3) is 0.233. The van der Waals surface area contributed by atoms with Gasteiger partial charge in [-0.05, 0) is 48.2 Å². The Morgan fingerprint density at radius 1 is 0.518 bits per heavy atom. The van der Waals surface area contributed by atoms with Gasteiger partial charge in [-0.3, -0.25) is 33.6 Å². The third kappa shape index (κ3) is 7.83. The summed E-state index contributed by atoms with van der Waals surface area (Å²) in [6, 6.07) is 22.8. The number of carbonyl (C=O) groups excluding carboxylic acids is 9. The molecule has 56 heavy (non-hydrogen) atoms. The number of alkyl carbamates (subject to hydrolysis) is 2. The maximum absolute atomic E-state index is 13.7. The van der Waals surface area contributed by atoms with Crippen LogP contribution in [0.4, 0.5) is 9.59 Å². The summed E-state index contributed by atoms with van der Waals surface area (Å²) in [4.78, 5) is 119. The fourth-order valence-electron chi connectivity index (χ4n) is 6.72. The molecule has 0 radical (unpaired) electrons. The first-order valence-electron chi connectivity index (χ1n) is 17.9. The van der Waals surface area contributed by atoms with Gasteiger partial charge in [0.05, 0.1) is 12.1 Å². The Hall–Kier alpha value is -6.89. The summed E-state index contributed by atoms with van der Waals surface area (Å²) >= 11 is 0. The highest BCUT2D eigenvalue weighted by Gasteiger charge is 2.47. The molecule has 2 aliphatic rings. The summed E-state index contributed by atoms with van der Waals surface area (Å²) in [5, 5.41) is 4.86. The predicted molar refractivity (Wildman–Crippen MR) is 198 cm³/mol. The first-order chi connectivity index (χ1) is 26.9. The van der Waals surface area contributed by atoms with Crippen LogP contribution in [0.5, 0.6) is 0 Å². The zero-order valence-corrected chi connectivity index (χ0v) is 30.4. The minimum Gasteiger partial charge on any atom is -0.445 e. The number of ketones is 7. The summed E-state index contributed by atoms with van der Waals surface area (Å²) in [6.07, 6.45) is -1.66. The summed E-state index contributed by atoms with van der Waals surface area (Å²) in [5.74, 6) is -8.98. The van der Waals surface area contributed by atoms with Crippen LogP contribution in [-0.4, -0.2) is 64.8 Å². The van der Waals surface area contributed by atoms with E-state index in [0.717, 1.165) is 11.1 Å². The van der Waals surface area contributed by atoms with Gasteiger partial charge in [-0.25, -0.2) is 9.59 Å². The number of amides is 2. The van der Waals surface area contributed by atoms with Gasteiger partial charge in [0.15, 0.2) is 40.5 Å². The van der Waals surface area contributed by atoms with E-state index in [1.165, 1.54) is 36.4 Å². The zero-order valence-electron chi connectivity index (χ0n) is 30.4. The Morgan fingerprint density at radius 3 is 1.23 bits per heavy atom. The van der Waals surface area contributed by atoms with Crippen molar-refractivity contribution in [1.29, 1.82) is 0 Å². The standard InChI is InChI=1S/C43H36N2O11/c1-3-31(44-42(53)55-21-23-11-7-5-8-12-23)40(51)33-36(47)27-17-15-25(19-29(27)38(33)49)35(46)26-16-18-28-30(20-26)39(50)34(37(28)48)41(52)32(4-2)45-43(54)56-22-24-13-9-6-10-14-24/h5-20,31-34H,3-4,21-22H2,1-2H3,(H,44,53)(H,45,54)/t31-,32-,33?,34?/m0/s1. The normalized spacial score (nSPS) is 16.7. The van der Waals surface area contributed by atoms with E-state index in [1.54, 1.807) is 74.5 Å². The van der Waals surface area contributed by atoms with Crippen molar-refractivity contribution in [2.45, 2.75) is 52.0 Å². The van der Waals surface area contributed by atoms with Gasteiger partial charge in [-0.15, -0.1) is 0 Å². The Kier molecular flexibility index (Phi) is 11.5. The van der Waals surface area contributed by atoms with E-state index in [-0.39, 0.29) is 59.4 Å². The van der Waals surface area contributed by atoms with Crippen molar-refractivity contribution in [3.8, 4) is 0 Å². The molecule has 0 saturated heterocycles. The van der Waals surface area contributed by atoms with E-state index in [0.29, 0.717) is 0 Å². The minimum absolute atomic E-state index is 0.0405. The number of ether oxygens (including phenoxy) is 2. The monoisotopic (exact) mass is 756 g/mol. The highest BCUT2D eigenvalue weighted by molar-refractivity contribution is 6.38. The highest BCUT2D eigenvalue weighted by Crippen LogP contribution is 2.33. The molecule has 0 saturated carbocycles. The molecule has 13 heteroatoms. The smallest absolute Gasteiger partial charge is 0.408 e. The minimum atomic E-state index is -1.74. The predicted octanol–water partition coefficient (Wildman–Crippen LogP) is 5.46. The maximum Gasteiger partial charge on any atom is 0.408 e. The fourth-order valence-corrected chi connectivity index (χ4v) is 6.72. The van der Waals surface area contributed by atoms with Crippen LogP contribution >= 0.6 is 0 Å². The molecule has 13 nitrogen and oxygen atoms in total. The van der Waals surface area contributed by atoms with Gasteiger partial charge in [0.2, 0.25) is 0 Å².